The Morgan fingerprint density at radius 1 is 1.37 bits per heavy atom. The maximum atomic E-state index is 9.98. The monoisotopic (exact) mass is 273 g/mol. The number of hydrogen-bond acceptors (Lipinski definition) is 3. The largest absolute Gasteiger partial charge is 0.507 e. The van der Waals surface area contributed by atoms with Crippen molar-refractivity contribution in [1.82, 2.24) is 9.97 Å². The fraction of sp³-hybridized carbons (Fsp3) is 0.0714. The van der Waals surface area contributed by atoms with Gasteiger partial charge in [0.25, 0.3) is 0 Å². The van der Waals surface area contributed by atoms with Crippen LogP contribution < -0.4 is 5.32 Å². The first-order valence-corrected chi connectivity index (χ1v) is 6.16. The quantitative estimate of drug-likeness (QED) is 0.739. The number of anilines is 1. The van der Waals surface area contributed by atoms with Crippen molar-refractivity contribution in [1.29, 1.82) is 0 Å². The van der Waals surface area contributed by atoms with E-state index in [0.29, 0.717) is 22.1 Å². The Kier molecular flexibility index (Phi) is 2.61. The number of rotatable bonds is 1. The number of benzene rings is 1. The molecule has 0 spiro atoms. The number of aliphatic hydroxyl groups is 1. The van der Waals surface area contributed by atoms with Crippen LogP contribution in [0.5, 0.6) is 0 Å². The lowest BCUT2D eigenvalue weighted by Gasteiger charge is -2.18. The second kappa shape index (κ2) is 4.17. The van der Waals surface area contributed by atoms with Gasteiger partial charge in [-0.2, -0.15) is 0 Å². The summed E-state index contributed by atoms with van der Waals surface area (Å²) in [6, 6.07) is 5.63. The summed E-state index contributed by atoms with van der Waals surface area (Å²) in [5, 5.41) is 13.6. The number of H-pyrrole nitrogens is 1. The van der Waals surface area contributed by atoms with Crippen LogP contribution in [0.1, 0.15) is 11.4 Å². The standard InChI is InChI=1S/C14H12ClN3O/c1-7-5-12(19)10-6-9(3-4-11(10)16-7)13-14(15)18-8(2)17-13/h3-6,16,19H,1H2,2H3,(H,17,18). The molecule has 19 heavy (non-hydrogen) atoms. The molecule has 0 saturated heterocycles. The van der Waals surface area contributed by atoms with Gasteiger partial charge in [-0.25, -0.2) is 4.98 Å². The molecular weight excluding hydrogens is 262 g/mol. The molecule has 3 rings (SSSR count). The van der Waals surface area contributed by atoms with E-state index in [0.717, 1.165) is 17.1 Å². The highest BCUT2D eigenvalue weighted by Crippen LogP contribution is 2.34. The number of aromatic nitrogens is 2. The minimum absolute atomic E-state index is 0.184. The van der Waals surface area contributed by atoms with Crippen LogP contribution in [0.4, 0.5) is 5.69 Å². The summed E-state index contributed by atoms with van der Waals surface area (Å²) in [7, 11) is 0. The third-order valence-electron chi connectivity index (χ3n) is 2.95. The molecular formula is C14H12ClN3O. The number of halogens is 1. The molecule has 2 aromatic rings. The van der Waals surface area contributed by atoms with Gasteiger partial charge in [0.2, 0.25) is 0 Å². The number of nitrogens with one attached hydrogen (secondary N) is 2. The van der Waals surface area contributed by atoms with Crippen LogP contribution in [0.2, 0.25) is 5.15 Å². The number of imidazole rings is 1. The van der Waals surface area contributed by atoms with Crippen molar-refractivity contribution >= 4 is 23.0 Å². The lowest BCUT2D eigenvalue weighted by Crippen LogP contribution is -2.05. The SMILES string of the molecule is C=C1C=C(O)c2cc(-c3nc(C)[nH]c3Cl)ccc2N1. The molecule has 1 aromatic carbocycles. The van der Waals surface area contributed by atoms with E-state index < -0.39 is 0 Å². The summed E-state index contributed by atoms with van der Waals surface area (Å²) in [4.78, 5) is 7.29. The van der Waals surface area contributed by atoms with Crippen LogP contribution in [0.3, 0.4) is 0 Å². The lowest BCUT2D eigenvalue weighted by atomic mass is 10.0. The molecule has 1 aromatic heterocycles. The highest BCUT2D eigenvalue weighted by Gasteiger charge is 2.16. The topological polar surface area (TPSA) is 60.9 Å². The lowest BCUT2D eigenvalue weighted by molar-refractivity contribution is 0.511. The summed E-state index contributed by atoms with van der Waals surface area (Å²) in [6.45, 7) is 5.62. The Morgan fingerprint density at radius 2 is 2.16 bits per heavy atom. The number of aliphatic hydroxyl groups excluding tert-OH is 1. The molecule has 0 aliphatic carbocycles. The zero-order chi connectivity index (χ0) is 13.6. The maximum Gasteiger partial charge on any atom is 0.134 e. The highest BCUT2D eigenvalue weighted by atomic mass is 35.5. The van der Waals surface area contributed by atoms with Gasteiger partial charge in [-0.1, -0.05) is 24.2 Å². The van der Waals surface area contributed by atoms with Crippen molar-refractivity contribution < 1.29 is 5.11 Å². The van der Waals surface area contributed by atoms with Crippen molar-refractivity contribution in [2.24, 2.45) is 0 Å². The summed E-state index contributed by atoms with van der Waals surface area (Å²) in [5.74, 6) is 0.938. The molecule has 5 heteroatoms. The first-order chi connectivity index (χ1) is 9.04. The van der Waals surface area contributed by atoms with Gasteiger partial charge < -0.3 is 15.4 Å². The third kappa shape index (κ3) is 2.00. The molecule has 0 fully saturated rings. The smallest absolute Gasteiger partial charge is 0.134 e. The number of allylic oxidation sites excluding steroid dienone is 1. The van der Waals surface area contributed by atoms with Crippen molar-refractivity contribution in [3.63, 3.8) is 0 Å². The molecule has 4 nitrogen and oxygen atoms in total. The fourth-order valence-electron chi connectivity index (χ4n) is 2.12. The van der Waals surface area contributed by atoms with E-state index in [4.69, 9.17) is 11.6 Å². The number of nitrogens with zero attached hydrogens (tertiary/aromatic N) is 1. The number of fused-ring (bicyclic) bond motifs is 1. The predicted molar refractivity (Wildman–Crippen MR) is 77.1 cm³/mol. The van der Waals surface area contributed by atoms with Gasteiger partial charge in [0.05, 0.1) is 0 Å². The van der Waals surface area contributed by atoms with Crippen LogP contribution in [0, 0.1) is 6.92 Å². The van der Waals surface area contributed by atoms with E-state index >= 15 is 0 Å². The summed E-state index contributed by atoms with van der Waals surface area (Å²) < 4.78 is 0. The second-order valence-corrected chi connectivity index (χ2v) is 4.80. The zero-order valence-electron chi connectivity index (χ0n) is 10.3. The van der Waals surface area contributed by atoms with Crippen molar-refractivity contribution in [2.45, 2.75) is 6.92 Å². The summed E-state index contributed by atoms with van der Waals surface area (Å²) in [6.07, 6.45) is 1.59. The Hall–Kier alpha value is -2.20. The van der Waals surface area contributed by atoms with Crippen molar-refractivity contribution in [3.8, 4) is 11.3 Å². The fourth-order valence-corrected chi connectivity index (χ4v) is 2.41. The maximum absolute atomic E-state index is 9.98. The minimum Gasteiger partial charge on any atom is -0.507 e. The minimum atomic E-state index is 0.184. The van der Waals surface area contributed by atoms with E-state index in [9.17, 15) is 5.11 Å². The third-order valence-corrected chi connectivity index (χ3v) is 3.23. The van der Waals surface area contributed by atoms with E-state index in [1.807, 2.05) is 25.1 Å². The Labute approximate surface area is 115 Å². The average Bonchev–Trinajstić information content (AvgIpc) is 2.68. The van der Waals surface area contributed by atoms with E-state index in [1.165, 1.54) is 0 Å². The molecule has 0 radical (unpaired) electrons. The van der Waals surface area contributed by atoms with E-state index in [-0.39, 0.29) is 5.76 Å². The molecule has 3 N–H and O–H groups in total. The van der Waals surface area contributed by atoms with E-state index in [2.05, 4.69) is 21.9 Å². The Bertz CT molecular complexity index is 715. The van der Waals surface area contributed by atoms with Gasteiger partial charge in [0.15, 0.2) is 0 Å². The van der Waals surface area contributed by atoms with Crippen LogP contribution in [0.25, 0.3) is 17.0 Å². The molecule has 2 heterocycles. The van der Waals surface area contributed by atoms with Crippen molar-refractivity contribution in [3.05, 3.63) is 53.1 Å². The molecule has 1 aliphatic heterocycles. The average molecular weight is 274 g/mol. The summed E-state index contributed by atoms with van der Waals surface area (Å²) in [5.41, 5.74) is 3.71. The van der Waals surface area contributed by atoms with Crippen LogP contribution in [0.15, 0.2) is 36.6 Å². The molecule has 96 valence electrons. The number of aromatic amines is 1. The van der Waals surface area contributed by atoms with E-state index in [1.54, 1.807) is 6.08 Å². The second-order valence-electron chi connectivity index (χ2n) is 4.42. The first kappa shape index (κ1) is 11.9. The van der Waals surface area contributed by atoms with Crippen molar-refractivity contribution in [2.75, 3.05) is 5.32 Å². The van der Waals surface area contributed by atoms with Gasteiger partial charge in [-0.15, -0.1) is 0 Å². The first-order valence-electron chi connectivity index (χ1n) is 5.78. The molecule has 0 bridgehead atoms. The number of aryl methyl sites for hydroxylation is 1. The molecule has 0 atom stereocenters. The Morgan fingerprint density at radius 3 is 2.84 bits per heavy atom. The van der Waals surface area contributed by atoms with Crippen LogP contribution in [-0.4, -0.2) is 15.1 Å². The summed E-state index contributed by atoms with van der Waals surface area (Å²) >= 11 is 6.10. The molecule has 0 saturated carbocycles. The molecule has 1 aliphatic rings. The van der Waals surface area contributed by atoms with Gasteiger partial charge in [-0.05, 0) is 19.1 Å². The van der Waals surface area contributed by atoms with Gasteiger partial charge in [0, 0.05) is 28.6 Å². The zero-order valence-corrected chi connectivity index (χ0v) is 11.0. The molecule has 0 unspecified atom stereocenters. The van der Waals surface area contributed by atoms with Crippen LogP contribution >= 0.6 is 11.6 Å². The van der Waals surface area contributed by atoms with Gasteiger partial charge in [-0.3, -0.25) is 0 Å². The Balaban J connectivity index is 2.13. The number of hydrogen-bond donors (Lipinski definition) is 3. The highest BCUT2D eigenvalue weighted by molar-refractivity contribution is 6.31. The normalized spacial score (nSPS) is 13.8. The van der Waals surface area contributed by atoms with Gasteiger partial charge in [0.1, 0.15) is 22.4 Å². The van der Waals surface area contributed by atoms with Gasteiger partial charge >= 0.3 is 0 Å². The predicted octanol–water partition coefficient (Wildman–Crippen LogP) is 3.88. The van der Waals surface area contributed by atoms with Crippen LogP contribution in [-0.2, 0) is 0 Å². The molecule has 0 amide bonds.